The van der Waals surface area contributed by atoms with Crippen LogP contribution in [0.4, 0.5) is 4.39 Å². The molecule has 0 bridgehead atoms. The number of hydrogen-bond donors (Lipinski definition) is 0. The number of fused-ring (bicyclic) bond motifs is 1. The van der Waals surface area contributed by atoms with Crippen LogP contribution in [0.1, 0.15) is 29.3 Å². The predicted octanol–water partition coefficient (Wildman–Crippen LogP) is 2.66. The first-order valence-corrected chi connectivity index (χ1v) is 4.96. The van der Waals surface area contributed by atoms with Crippen molar-refractivity contribution in [1.82, 2.24) is 4.90 Å². The van der Waals surface area contributed by atoms with Crippen molar-refractivity contribution >= 4 is 11.6 Å². The van der Waals surface area contributed by atoms with Crippen molar-refractivity contribution in [3.05, 3.63) is 41.7 Å². The molecule has 0 saturated heterocycles. The monoisotopic (exact) mass is 205 g/mol. The van der Waals surface area contributed by atoms with Gasteiger partial charge in [0.15, 0.2) is 0 Å². The number of rotatable bonds is 2. The highest BCUT2D eigenvalue weighted by Crippen LogP contribution is 2.31. The Kier molecular flexibility index (Phi) is 2.31. The molecular formula is C12H12FNO. The first-order valence-electron chi connectivity index (χ1n) is 4.96. The molecule has 1 heterocycles. The maximum atomic E-state index is 13.0. The number of halogens is 1. The lowest BCUT2D eigenvalue weighted by molar-refractivity contribution is 0.0850. The Hall–Kier alpha value is -1.64. The van der Waals surface area contributed by atoms with Crippen molar-refractivity contribution in [2.24, 2.45) is 0 Å². The lowest BCUT2D eigenvalue weighted by atomic mass is 10.1. The molecule has 15 heavy (non-hydrogen) atoms. The molecular weight excluding hydrogens is 193 g/mol. The van der Waals surface area contributed by atoms with E-state index in [0.29, 0.717) is 17.8 Å². The molecule has 0 fully saturated rings. The zero-order valence-corrected chi connectivity index (χ0v) is 8.59. The predicted molar refractivity (Wildman–Crippen MR) is 56.8 cm³/mol. The quantitative estimate of drug-likeness (QED) is 0.726. The van der Waals surface area contributed by atoms with E-state index in [0.717, 1.165) is 12.0 Å². The first kappa shape index (κ1) is 9.90. The second-order valence-electron chi connectivity index (χ2n) is 3.59. The number of hydrogen-bond acceptors (Lipinski definition) is 1. The van der Waals surface area contributed by atoms with Gasteiger partial charge >= 0.3 is 0 Å². The topological polar surface area (TPSA) is 20.3 Å². The third-order valence-corrected chi connectivity index (χ3v) is 2.54. The van der Waals surface area contributed by atoms with Crippen molar-refractivity contribution in [2.75, 3.05) is 6.54 Å². The Bertz CT molecular complexity index is 439. The number of carbonyl (C=O) groups is 1. The molecule has 0 aliphatic carbocycles. The molecule has 0 atom stereocenters. The van der Waals surface area contributed by atoms with Crippen LogP contribution in [-0.2, 0) is 0 Å². The van der Waals surface area contributed by atoms with Gasteiger partial charge in [-0.1, -0.05) is 13.5 Å². The maximum absolute atomic E-state index is 13.0. The Morgan fingerprint density at radius 3 is 2.80 bits per heavy atom. The average molecular weight is 205 g/mol. The zero-order chi connectivity index (χ0) is 11.0. The highest BCUT2D eigenvalue weighted by Gasteiger charge is 2.30. The van der Waals surface area contributed by atoms with Gasteiger partial charge in [-0.15, -0.1) is 0 Å². The summed E-state index contributed by atoms with van der Waals surface area (Å²) in [6, 6.07) is 4.24. The van der Waals surface area contributed by atoms with Gasteiger partial charge in [0.1, 0.15) is 5.82 Å². The maximum Gasteiger partial charge on any atom is 0.259 e. The summed E-state index contributed by atoms with van der Waals surface area (Å²) in [5.41, 5.74) is 1.85. The Morgan fingerprint density at radius 2 is 2.13 bits per heavy atom. The van der Waals surface area contributed by atoms with E-state index < -0.39 is 0 Å². The molecule has 3 heteroatoms. The van der Waals surface area contributed by atoms with Crippen LogP contribution in [0, 0.1) is 5.82 Å². The minimum Gasteiger partial charge on any atom is -0.308 e. The van der Waals surface area contributed by atoms with Gasteiger partial charge in [-0.2, -0.15) is 0 Å². The van der Waals surface area contributed by atoms with E-state index in [2.05, 4.69) is 6.58 Å². The van der Waals surface area contributed by atoms with Crippen molar-refractivity contribution in [3.8, 4) is 0 Å². The van der Waals surface area contributed by atoms with Gasteiger partial charge < -0.3 is 4.90 Å². The van der Waals surface area contributed by atoms with Crippen LogP contribution in [0.15, 0.2) is 24.8 Å². The molecule has 0 spiro atoms. The molecule has 0 saturated carbocycles. The second kappa shape index (κ2) is 3.50. The van der Waals surface area contributed by atoms with Crippen molar-refractivity contribution < 1.29 is 9.18 Å². The van der Waals surface area contributed by atoms with Crippen LogP contribution in [0.2, 0.25) is 0 Å². The molecule has 78 valence electrons. The van der Waals surface area contributed by atoms with Gasteiger partial charge in [0.2, 0.25) is 0 Å². The molecule has 2 nitrogen and oxygen atoms in total. The summed E-state index contributed by atoms with van der Waals surface area (Å²) in [5, 5.41) is 0. The fraction of sp³-hybridized carbons (Fsp3) is 0.250. The number of carbonyl (C=O) groups excluding carboxylic acids is 1. The van der Waals surface area contributed by atoms with E-state index >= 15 is 0 Å². The smallest absolute Gasteiger partial charge is 0.259 e. The lowest BCUT2D eigenvalue weighted by Gasteiger charge is -2.15. The fourth-order valence-electron chi connectivity index (χ4n) is 1.82. The van der Waals surface area contributed by atoms with E-state index in [1.807, 2.05) is 6.92 Å². The van der Waals surface area contributed by atoms with Crippen LogP contribution in [0.3, 0.4) is 0 Å². The van der Waals surface area contributed by atoms with Crippen LogP contribution >= 0.6 is 0 Å². The second-order valence-corrected chi connectivity index (χ2v) is 3.59. The molecule has 0 aromatic heterocycles. The molecule has 1 aliphatic rings. The lowest BCUT2D eigenvalue weighted by Crippen LogP contribution is -2.23. The summed E-state index contributed by atoms with van der Waals surface area (Å²) >= 11 is 0. The Balaban J connectivity index is 2.46. The van der Waals surface area contributed by atoms with Gasteiger partial charge in [0.25, 0.3) is 5.91 Å². The summed E-state index contributed by atoms with van der Waals surface area (Å²) in [7, 11) is 0. The van der Waals surface area contributed by atoms with E-state index in [4.69, 9.17) is 0 Å². The van der Waals surface area contributed by atoms with Gasteiger partial charge in [0, 0.05) is 17.8 Å². The largest absolute Gasteiger partial charge is 0.308 e. The molecule has 0 unspecified atom stereocenters. The molecule has 1 amide bonds. The van der Waals surface area contributed by atoms with Crippen molar-refractivity contribution in [2.45, 2.75) is 13.3 Å². The Morgan fingerprint density at radius 1 is 1.40 bits per heavy atom. The molecule has 1 aromatic carbocycles. The van der Waals surface area contributed by atoms with Crippen LogP contribution in [0.25, 0.3) is 5.70 Å². The summed E-state index contributed by atoms with van der Waals surface area (Å²) in [6.07, 6.45) is 0.862. The SMILES string of the molecule is C=C1c2ccc(F)cc2C(=O)N1CCC. The molecule has 2 rings (SSSR count). The summed E-state index contributed by atoms with van der Waals surface area (Å²) in [5.74, 6) is -0.524. The van der Waals surface area contributed by atoms with Crippen LogP contribution in [-0.4, -0.2) is 17.4 Å². The number of nitrogens with zero attached hydrogens (tertiary/aromatic N) is 1. The fourth-order valence-corrected chi connectivity index (χ4v) is 1.82. The normalized spacial score (nSPS) is 14.7. The minimum absolute atomic E-state index is 0.142. The average Bonchev–Trinajstić information content (AvgIpc) is 2.44. The summed E-state index contributed by atoms with van der Waals surface area (Å²) in [6.45, 7) is 6.48. The van der Waals surface area contributed by atoms with Crippen LogP contribution < -0.4 is 0 Å². The standard InChI is InChI=1S/C12H12FNO/c1-3-6-14-8(2)10-5-4-9(13)7-11(10)12(14)15/h4-5,7H,2-3,6H2,1H3. The third-order valence-electron chi connectivity index (χ3n) is 2.54. The third kappa shape index (κ3) is 1.44. The van der Waals surface area contributed by atoms with Crippen molar-refractivity contribution in [1.29, 1.82) is 0 Å². The summed E-state index contributed by atoms with van der Waals surface area (Å²) < 4.78 is 13.0. The van der Waals surface area contributed by atoms with E-state index in [9.17, 15) is 9.18 Å². The van der Waals surface area contributed by atoms with Gasteiger partial charge in [-0.25, -0.2) is 4.39 Å². The summed E-state index contributed by atoms with van der Waals surface area (Å²) in [4.78, 5) is 13.4. The van der Waals surface area contributed by atoms with Crippen LogP contribution in [0.5, 0.6) is 0 Å². The van der Waals surface area contributed by atoms with Gasteiger partial charge in [-0.05, 0) is 24.6 Å². The molecule has 0 radical (unpaired) electrons. The van der Waals surface area contributed by atoms with E-state index in [1.54, 1.807) is 11.0 Å². The number of amides is 1. The molecule has 1 aliphatic heterocycles. The minimum atomic E-state index is -0.381. The number of benzene rings is 1. The van der Waals surface area contributed by atoms with Gasteiger partial charge in [-0.3, -0.25) is 4.79 Å². The van der Waals surface area contributed by atoms with E-state index in [1.165, 1.54) is 12.1 Å². The highest BCUT2D eigenvalue weighted by atomic mass is 19.1. The van der Waals surface area contributed by atoms with Crippen molar-refractivity contribution in [3.63, 3.8) is 0 Å². The molecule has 1 aromatic rings. The van der Waals surface area contributed by atoms with Gasteiger partial charge in [0.05, 0.1) is 5.56 Å². The Labute approximate surface area is 88.0 Å². The van der Waals surface area contributed by atoms with E-state index in [-0.39, 0.29) is 11.7 Å². The first-order chi connectivity index (χ1) is 7.15. The molecule has 0 N–H and O–H groups in total. The zero-order valence-electron chi connectivity index (χ0n) is 8.59. The highest BCUT2D eigenvalue weighted by molar-refractivity contribution is 6.08.